The Morgan fingerprint density at radius 1 is 1.25 bits per heavy atom. The van der Waals surface area contributed by atoms with Crippen molar-refractivity contribution in [3.8, 4) is 5.75 Å². The fourth-order valence-electron chi connectivity index (χ4n) is 1.90. The molecule has 0 aliphatic heterocycles. The van der Waals surface area contributed by atoms with E-state index in [1.165, 1.54) is 6.07 Å². The van der Waals surface area contributed by atoms with E-state index in [0.29, 0.717) is 11.3 Å². The summed E-state index contributed by atoms with van der Waals surface area (Å²) in [6.45, 7) is 3.78. The highest BCUT2D eigenvalue weighted by Gasteiger charge is 2.07. The summed E-state index contributed by atoms with van der Waals surface area (Å²) in [5.74, 6) is 0.403. The number of aliphatic hydroxyl groups is 1. The van der Waals surface area contributed by atoms with E-state index in [1.54, 1.807) is 25.1 Å². The molecule has 106 valence electrons. The van der Waals surface area contributed by atoms with Crippen LogP contribution in [0.25, 0.3) is 0 Å². The van der Waals surface area contributed by atoms with Crippen LogP contribution in [0, 0.1) is 12.7 Å². The lowest BCUT2D eigenvalue weighted by atomic mass is 10.1. The average Bonchev–Trinajstić information content (AvgIpc) is 2.40. The van der Waals surface area contributed by atoms with Gasteiger partial charge in [-0.15, -0.1) is 0 Å². The third-order valence-corrected chi connectivity index (χ3v) is 3.57. The van der Waals surface area contributed by atoms with Gasteiger partial charge >= 0.3 is 0 Å². The summed E-state index contributed by atoms with van der Waals surface area (Å²) >= 11 is 3.31. The molecule has 0 amide bonds. The van der Waals surface area contributed by atoms with Gasteiger partial charge in [-0.25, -0.2) is 4.39 Å². The van der Waals surface area contributed by atoms with Crippen molar-refractivity contribution in [2.45, 2.75) is 26.6 Å². The number of hydrogen-bond donors (Lipinski definition) is 1. The highest BCUT2D eigenvalue weighted by Crippen LogP contribution is 2.24. The largest absolute Gasteiger partial charge is 0.489 e. The van der Waals surface area contributed by atoms with E-state index >= 15 is 0 Å². The minimum atomic E-state index is -0.509. The van der Waals surface area contributed by atoms with Gasteiger partial charge in [0.05, 0.1) is 6.10 Å². The molecule has 0 saturated heterocycles. The Morgan fingerprint density at radius 2 is 2.00 bits per heavy atom. The predicted molar refractivity (Wildman–Crippen MR) is 80.2 cm³/mol. The molecule has 0 radical (unpaired) electrons. The SMILES string of the molecule is Cc1cc([C@@H](C)O)ccc1OCc1cc(Br)ccc1F. The molecule has 1 N–H and O–H groups in total. The molecule has 0 unspecified atom stereocenters. The monoisotopic (exact) mass is 338 g/mol. The van der Waals surface area contributed by atoms with Crippen LogP contribution in [-0.2, 0) is 6.61 Å². The van der Waals surface area contributed by atoms with Gasteiger partial charge in [0, 0.05) is 10.0 Å². The summed E-state index contributed by atoms with van der Waals surface area (Å²) in [4.78, 5) is 0. The molecule has 0 aromatic heterocycles. The van der Waals surface area contributed by atoms with Gasteiger partial charge in [0.1, 0.15) is 18.2 Å². The molecule has 0 spiro atoms. The van der Waals surface area contributed by atoms with Gasteiger partial charge in [-0.2, -0.15) is 0 Å². The molecule has 2 aromatic carbocycles. The fourth-order valence-corrected chi connectivity index (χ4v) is 2.31. The molecule has 0 aliphatic carbocycles. The lowest BCUT2D eigenvalue weighted by molar-refractivity contribution is 0.199. The normalized spacial score (nSPS) is 12.2. The lowest BCUT2D eigenvalue weighted by Gasteiger charge is -2.12. The maximum atomic E-state index is 13.6. The van der Waals surface area contributed by atoms with Gasteiger partial charge < -0.3 is 9.84 Å². The summed E-state index contributed by atoms with van der Waals surface area (Å²) in [6, 6.07) is 10.2. The average molecular weight is 339 g/mol. The third kappa shape index (κ3) is 3.58. The molecule has 2 rings (SSSR count). The van der Waals surface area contributed by atoms with E-state index < -0.39 is 6.10 Å². The van der Waals surface area contributed by atoms with Crippen molar-refractivity contribution in [2.24, 2.45) is 0 Å². The van der Waals surface area contributed by atoms with E-state index in [1.807, 2.05) is 19.1 Å². The quantitative estimate of drug-likeness (QED) is 0.887. The third-order valence-electron chi connectivity index (χ3n) is 3.07. The summed E-state index contributed by atoms with van der Waals surface area (Å²) in [5.41, 5.74) is 2.25. The zero-order valence-electron chi connectivity index (χ0n) is 11.4. The summed E-state index contributed by atoms with van der Waals surface area (Å²) in [5, 5.41) is 9.52. The maximum Gasteiger partial charge on any atom is 0.129 e. The topological polar surface area (TPSA) is 29.5 Å². The first-order valence-electron chi connectivity index (χ1n) is 6.32. The molecule has 0 saturated carbocycles. The number of halogens is 2. The first-order chi connectivity index (χ1) is 9.47. The molecule has 0 bridgehead atoms. The van der Waals surface area contributed by atoms with Gasteiger partial charge in [-0.05, 0) is 55.3 Å². The van der Waals surface area contributed by atoms with Crippen LogP contribution in [0.3, 0.4) is 0 Å². The van der Waals surface area contributed by atoms with Crippen LogP contribution in [0.2, 0.25) is 0 Å². The number of aryl methyl sites for hydroxylation is 1. The zero-order valence-corrected chi connectivity index (χ0v) is 12.9. The number of aliphatic hydroxyl groups excluding tert-OH is 1. The van der Waals surface area contributed by atoms with Gasteiger partial charge in [0.15, 0.2) is 0 Å². The minimum absolute atomic E-state index is 0.167. The van der Waals surface area contributed by atoms with Gasteiger partial charge in [0.25, 0.3) is 0 Å². The van der Waals surface area contributed by atoms with Gasteiger partial charge in [-0.1, -0.05) is 22.0 Å². The summed E-state index contributed by atoms with van der Waals surface area (Å²) in [6.07, 6.45) is -0.509. The fraction of sp³-hybridized carbons (Fsp3) is 0.250. The second-order valence-electron chi connectivity index (χ2n) is 4.73. The number of rotatable bonds is 4. The van der Waals surface area contributed by atoms with Crippen LogP contribution in [0.15, 0.2) is 40.9 Å². The molecule has 0 aliphatic rings. The number of ether oxygens (including phenoxy) is 1. The molecule has 1 atom stereocenters. The molecular formula is C16H16BrFO2. The molecule has 20 heavy (non-hydrogen) atoms. The highest BCUT2D eigenvalue weighted by molar-refractivity contribution is 9.10. The predicted octanol–water partition coefficient (Wildman–Crippen LogP) is 4.53. The summed E-state index contributed by atoms with van der Waals surface area (Å²) < 4.78 is 20.1. The maximum absolute atomic E-state index is 13.6. The van der Waals surface area contributed by atoms with Crippen LogP contribution in [0.1, 0.15) is 29.7 Å². The van der Waals surface area contributed by atoms with E-state index in [4.69, 9.17) is 4.74 Å². The zero-order chi connectivity index (χ0) is 14.7. The molecule has 0 fully saturated rings. The molecule has 4 heteroatoms. The van der Waals surface area contributed by atoms with E-state index in [2.05, 4.69) is 15.9 Å². The van der Waals surface area contributed by atoms with Crippen LogP contribution >= 0.6 is 15.9 Å². The first-order valence-corrected chi connectivity index (χ1v) is 7.12. The smallest absolute Gasteiger partial charge is 0.129 e. The standard InChI is InChI=1S/C16H16BrFO2/c1-10-7-12(11(2)19)3-6-16(10)20-9-13-8-14(17)4-5-15(13)18/h3-8,11,19H,9H2,1-2H3/t11-/m1/s1. The molecule has 0 heterocycles. The van der Waals surface area contributed by atoms with Crippen molar-refractivity contribution in [2.75, 3.05) is 0 Å². The van der Waals surface area contributed by atoms with Crippen LogP contribution in [0.4, 0.5) is 4.39 Å². The van der Waals surface area contributed by atoms with E-state index in [-0.39, 0.29) is 12.4 Å². The Kier molecular flexibility index (Phi) is 4.78. The van der Waals surface area contributed by atoms with Crippen LogP contribution in [-0.4, -0.2) is 5.11 Å². The van der Waals surface area contributed by atoms with Crippen molar-refractivity contribution in [1.29, 1.82) is 0 Å². The number of benzene rings is 2. The Morgan fingerprint density at radius 3 is 2.65 bits per heavy atom. The molecule has 2 nitrogen and oxygen atoms in total. The molecular weight excluding hydrogens is 323 g/mol. The Bertz CT molecular complexity index is 611. The highest BCUT2D eigenvalue weighted by atomic mass is 79.9. The molecule has 2 aromatic rings. The van der Waals surface area contributed by atoms with Crippen molar-refractivity contribution in [3.05, 3.63) is 63.4 Å². The van der Waals surface area contributed by atoms with Gasteiger partial charge in [-0.3, -0.25) is 0 Å². The Balaban J connectivity index is 2.13. The summed E-state index contributed by atoms with van der Waals surface area (Å²) in [7, 11) is 0. The lowest BCUT2D eigenvalue weighted by Crippen LogP contribution is -2.01. The number of hydrogen-bond acceptors (Lipinski definition) is 2. The van der Waals surface area contributed by atoms with Crippen molar-refractivity contribution in [3.63, 3.8) is 0 Å². The van der Waals surface area contributed by atoms with Crippen molar-refractivity contribution in [1.82, 2.24) is 0 Å². The van der Waals surface area contributed by atoms with E-state index in [0.717, 1.165) is 15.6 Å². The van der Waals surface area contributed by atoms with Crippen LogP contribution in [0.5, 0.6) is 5.75 Å². The van der Waals surface area contributed by atoms with E-state index in [9.17, 15) is 9.50 Å². The van der Waals surface area contributed by atoms with Crippen molar-refractivity contribution >= 4 is 15.9 Å². The Labute approximate surface area is 126 Å². The van der Waals surface area contributed by atoms with Crippen molar-refractivity contribution < 1.29 is 14.2 Å². The van der Waals surface area contributed by atoms with Gasteiger partial charge in [0.2, 0.25) is 0 Å². The van der Waals surface area contributed by atoms with Crippen LogP contribution < -0.4 is 4.74 Å². The minimum Gasteiger partial charge on any atom is -0.489 e. The second kappa shape index (κ2) is 6.37. The second-order valence-corrected chi connectivity index (χ2v) is 5.64. The first kappa shape index (κ1) is 15.0. The Hall–Kier alpha value is -1.39.